The van der Waals surface area contributed by atoms with Crippen LogP contribution in [0.25, 0.3) is 0 Å². The van der Waals surface area contributed by atoms with E-state index >= 15 is 0 Å². The number of carbonyl (C=O) groups excluding carboxylic acids is 1. The molecule has 0 saturated carbocycles. The summed E-state index contributed by atoms with van der Waals surface area (Å²) in [4.78, 5) is 17.4. The summed E-state index contributed by atoms with van der Waals surface area (Å²) in [6.45, 7) is 9.08. The van der Waals surface area contributed by atoms with Crippen molar-refractivity contribution in [1.29, 1.82) is 0 Å². The van der Waals surface area contributed by atoms with E-state index in [4.69, 9.17) is 11.6 Å². The molecule has 180 valence electrons. The SMILES string of the molecule is CCN(CC)S(=O)(=O)c1cccc(NC(=O)CN2CCCN(Cc3ccc(Cl)cc3)CC2)c1. The zero-order valence-corrected chi connectivity index (χ0v) is 20.9. The van der Waals surface area contributed by atoms with Crippen molar-refractivity contribution in [2.75, 3.05) is 51.1 Å². The molecule has 9 heteroatoms. The first-order valence-corrected chi connectivity index (χ1v) is 13.2. The number of nitrogens with one attached hydrogen (secondary N) is 1. The second-order valence-corrected chi connectivity index (χ2v) is 10.6. The van der Waals surface area contributed by atoms with Gasteiger partial charge < -0.3 is 5.32 Å². The van der Waals surface area contributed by atoms with Crippen molar-refractivity contribution < 1.29 is 13.2 Å². The normalized spacial score (nSPS) is 16.0. The Labute approximate surface area is 202 Å². The van der Waals surface area contributed by atoms with E-state index in [2.05, 4.69) is 15.1 Å². The Kier molecular flexibility index (Phi) is 9.28. The third-order valence-corrected chi connectivity index (χ3v) is 8.13. The maximum absolute atomic E-state index is 12.8. The van der Waals surface area contributed by atoms with Gasteiger partial charge in [-0.1, -0.05) is 43.6 Å². The van der Waals surface area contributed by atoms with Crippen LogP contribution in [0.3, 0.4) is 0 Å². The quantitative estimate of drug-likeness (QED) is 0.580. The fourth-order valence-electron chi connectivity index (χ4n) is 4.04. The van der Waals surface area contributed by atoms with E-state index in [1.807, 2.05) is 38.1 Å². The lowest BCUT2D eigenvalue weighted by Gasteiger charge is -2.22. The van der Waals surface area contributed by atoms with Crippen LogP contribution >= 0.6 is 11.6 Å². The standard InChI is InChI=1S/C24H33ClN4O3S/c1-3-29(4-2)33(31,32)23-8-5-7-22(17-23)26-24(30)19-28-14-6-13-27(15-16-28)18-20-9-11-21(25)12-10-20/h5,7-12,17H,3-4,6,13-16,18-19H2,1-2H3,(H,26,30). The lowest BCUT2D eigenvalue weighted by atomic mass is 10.2. The average molecular weight is 493 g/mol. The molecule has 0 spiro atoms. The highest BCUT2D eigenvalue weighted by Crippen LogP contribution is 2.20. The number of benzene rings is 2. The lowest BCUT2D eigenvalue weighted by Crippen LogP contribution is -2.36. The highest BCUT2D eigenvalue weighted by Gasteiger charge is 2.22. The van der Waals surface area contributed by atoms with Crippen LogP contribution in [0.15, 0.2) is 53.4 Å². The van der Waals surface area contributed by atoms with Crippen LogP contribution < -0.4 is 5.32 Å². The summed E-state index contributed by atoms with van der Waals surface area (Å²) in [6, 6.07) is 14.4. The Morgan fingerprint density at radius 2 is 1.67 bits per heavy atom. The van der Waals surface area contributed by atoms with Crippen molar-refractivity contribution in [3.8, 4) is 0 Å². The number of anilines is 1. The molecule has 1 aliphatic heterocycles. The molecule has 2 aromatic carbocycles. The van der Waals surface area contributed by atoms with E-state index in [0.717, 1.165) is 44.2 Å². The summed E-state index contributed by atoms with van der Waals surface area (Å²) in [5.74, 6) is -0.140. The third-order valence-electron chi connectivity index (χ3n) is 5.83. The Hall–Kier alpha value is -1.97. The Morgan fingerprint density at radius 3 is 2.36 bits per heavy atom. The van der Waals surface area contributed by atoms with E-state index in [9.17, 15) is 13.2 Å². The molecule has 1 fully saturated rings. The highest BCUT2D eigenvalue weighted by molar-refractivity contribution is 7.89. The largest absolute Gasteiger partial charge is 0.325 e. The number of carbonyl (C=O) groups is 1. The fourth-order valence-corrected chi connectivity index (χ4v) is 5.67. The van der Waals surface area contributed by atoms with Gasteiger partial charge in [-0.3, -0.25) is 14.6 Å². The van der Waals surface area contributed by atoms with Crippen molar-refractivity contribution in [2.45, 2.75) is 31.7 Å². The Morgan fingerprint density at radius 1 is 1.00 bits per heavy atom. The van der Waals surface area contributed by atoms with Crippen LogP contribution in [0.2, 0.25) is 5.02 Å². The Balaban J connectivity index is 1.54. The second kappa shape index (κ2) is 11.9. The topological polar surface area (TPSA) is 73.0 Å². The number of halogens is 1. The number of rotatable bonds is 9. The molecule has 2 aromatic rings. The van der Waals surface area contributed by atoms with Crippen molar-refractivity contribution in [1.82, 2.24) is 14.1 Å². The molecule has 1 heterocycles. The van der Waals surface area contributed by atoms with Gasteiger partial charge in [0.15, 0.2) is 0 Å². The van der Waals surface area contributed by atoms with Gasteiger partial charge in [0.1, 0.15) is 0 Å². The zero-order chi connectivity index (χ0) is 23.8. The van der Waals surface area contributed by atoms with Crippen molar-refractivity contribution in [3.63, 3.8) is 0 Å². The summed E-state index contributed by atoms with van der Waals surface area (Å²) >= 11 is 5.97. The summed E-state index contributed by atoms with van der Waals surface area (Å²) in [5, 5.41) is 3.60. The summed E-state index contributed by atoms with van der Waals surface area (Å²) in [5.41, 5.74) is 1.72. The minimum absolute atomic E-state index is 0.140. The average Bonchev–Trinajstić information content (AvgIpc) is 3.01. The number of hydrogen-bond donors (Lipinski definition) is 1. The number of sulfonamides is 1. The first-order chi connectivity index (χ1) is 15.8. The van der Waals surface area contributed by atoms with Gasteiger partial charge in [-0.2, -0.15) is 4.31 Å². The van der Waals surface area contributed by atoms with E-state index in [1.54, 1.807) is 18.2 Å². The summed E-state index contributed by atoms with van der Waals surface area (Å²) in [6.07, 6.45) is 0.985. The summed E-state index contributed by atoms with van der Waals surface area (Å²) in [7, 11) is -3.57. The van der Waals surface area contributed by atoms with E-state index < -0.39 is 10.0 Å². The van der Waals surface area contributed by atoms with E-state index in [-0.39, 0.29) is 17.3 Å². The van der Waals surface area contributed by atoms with Gasteiger partial charge >= 0.3 is 0 Å². The van der Waals surface area contributed by atoms with Crippen molar-refractivity contribution in [3.05, 3.63) is 59.1 Å². The molecule has 0 atom stereocenters. The smallest absolute Gasteiger partial charge is 0.243 e. The predicted octanol–water partition coefficient (Wildman–Crippen LogP) is 3.52. The van der Waals surface area contributed by atoms with Crippen LogP contribution in [0.4, 0.5) is 5.69 Å². The molecule has 0 radical (unpaired) electrons. The Bertz CT molecular complexity index is 1030. The van der Waals surface area contributed by atoms with Gasteiger partial charge in [0.05, 0.1) is 11.4 Å². The van der Waals surface area contributed by atoms with Gasteiger partial charge in [-0.25, -0.2) is 8.42 Å². The molecule has 0 aromatic heterocycles. The van der Waals surface area contributed by atoms with E-state index in [1.165, 1.54) is 15.9 Å². The molecule has 1 amide bonds. The zero-order valence-electron chi connectivity index (χ0n) is 19.3. The molecule has 33 heavy (non-hydrogen) atoms. The maximum atomic E-state index is 12.8. The van der Waals surface area contributed by atoms with Gasteiger partial charge in [0, 0.05) is 43.4 Å². The van der Waals surface area contributed by atoms with Crippen LogP contribution in [0.1, 0.15) is 25.8 Å². The van der Waals surface area contributed by atoms with E-state index in [0.29, 0.717) is 18.8 Å². The number of amides is 1. The van der Waals surface area contributed by atoms with Crippen LogP contribution in [-0.4, -0.2) is 74.2 Å². The molecule has 0 bridgehead atoms. The molecule has 7 nitrogen and oxygen atoms in total. The molecule has 0 aliphatic carbocycles. The molecule has 1 N–H and O–H groups in total. The highest BCUT2D eigenvalue weighted by atomic mass is 35.5. The van der Waals surface area contributed by atoms with Crippen LogP contribution in [0.5, 0.6) is 0 Å². The van der Waals surface area contributed by atoms with Gasteiger partial charge in [-0.05, 0) is 55.4 Å². The predicted molar refractivity (Wildman–Crippen MR) is 133 cm³/mol. The van der Waals surface area contributed by atoms with Crippen molar-refractivity contribution >= 4 is 33.2 Å². The molecular formula is C24H33ClN4O3S. The first kappa shape index (κ1) is 25.6. The van der Waals surface area contributed by atoms with Gasteiger partial charge in [0.25, 0.3) is 0 Å². The van der Waals surface area contributed by atoms with Crippen molar-refractivity contribution in [2.24, 2.45) is 0 Å². The monoisotopic (exact) mass is 492 g/mol. The first-order valence-electron chi connectivity index (χ1n) is 11.4. The fraction of sp³-hybridized carbons (Fsp3) is 0.458. The number of hydrogen-bond acceptors (Lipinski definition) is 5. The minimum Gasteiger partial charge on any atom is -0.325 e. The van der Waals surface area contributed by atoms with Crippen LogP contribution in [0, 0.1) is 0 Å². The molecule has 0 unspecified atom stereocenters. The minimum atomic E-state index is -3.57. The van der Waals surface area contributed by atoms with Crippen LogP contribution in [-0.2, 0) is 21.4 Å². The molecule has 1 saturated heterocycles. The second-order valence-electron chi connectivity index (χ2n) is 8.20. The molecule has 1 aliphatic rings. The lowest BCUT2D eigenvalue weighted by molar-refractivity contribution is -0.117. The third kappa shape index (κ3) is 7.25. The van der Waals surface area contributed by atoms with Gasteiger partial charge in [0.2, 0.25) is 15.9 Å². The molecular weight excluding hydrogens is 460 g/mol. The number of nitrogens with zero attached hydrogens (tertiary/aromatic N) is 3. The molecule has 3 rings (SSSR count). The van der Waals surface area contributed by atoms with Gasteiger partial charge in [-0.15, -0.1) is 0 Å². The maximum Gasteiger partial charge on any atom is 0.243 e. The summed E-state index contributed by atoms with van der Waals surface area (Å²) < 4.78 is 26.9.